The van der Waals surface area contributed by atoms with Gasteiger partial charge in [-0.1, -0.05) is 83.3 Å². The predicted octanol–water partition coefficient (Wildman–Crippen LogP) is 10.8. The summed E-state index contributed by atoms with van der Waals surface area (Å²) in [4.78, 5) is 9.33. The van der Waals surface area contributed by atoms with Crippen LogP contribution in [-0.4, -0.2) is 35.6 Å². The van der Waals surface area contributed by atoms with Crippen molar-refractivity contribution >= 4 is 71.8 Å². The van der Waals surface area contributed by atoms with Gasteiger partial charge in [0.05, 0.1) is 37.0 Å². The van der Waals surface area contributed by atoms with Crippen LogP contribution in [0.3, 0.4) is 0 Å². The second-order valence-corrected chi connectivity index (χ2v) is 13.2. The molecule has 0 spiro atoms. The van der Waals surface area contributed by atoms with Crippen LogP contribution < -0.4 is 20.3 Å². The van der Waals surface area contributed by atoms with Crippen LogP contribution in [0.15, 0.2) is 139 Å². The van der Waals surface area contributed by atoms with Gasteiger partial charge in [-0.05, 0) is 62.4 Å². The summed E-state index contributed by atoms with van der Waals surface area (Å²) in [6.07, 6.45) is 1.99. The minimum Gasteiger partial charge on any atom is -0.497 e. The lowest BCUT2D eigenvalue weighted by Gasteiger charge is -2.09. The Balaban J connectivity index is 1.26. The Hall–Kier alpha value is -6.38. The first-order valence-electron chi connectivity index (χ1n) is 16.1. The smallest absolute Gasteiger partial charge is 0.205 e. The third-order valence-corrected chi connectivity index (χ3v) is 9.67. The van der Waals surface area contributed by atoms with Crippen LogP contribution in [0.5, 0.6) is 11.5 Å². The Morgan fingerprint density at radius 3 is 1.58 bits per heavy atom. The Morgan fingerprint density at radius 2 is 1.10 bits per heavy atom. The molecular weight excluding hydrogens is 693 g/mol. The van der Waals surface area contributed by atoms with Crippen LogP contribution in [-0.2, 0) is 0 Å². The van der Waals surface area contributed by atoms with Gasteiger partial charge in [0.25, 0.3) is 0 Å². The van der Waals surface area contributed by atoms with Crippen molar-refractivity contribution in [1.29, 1.82) is 0 Å². The van der Waals surface area contributed by atoms with Crippen molar-refractivity contribution in [2.45, 2.75) is 13.8 Å². The molecule has 258 valence electrons. The number of azo groups is 2. The molecule has 4 aromatic carbocycles. The molecule has 0 atom stereocenters. The third kappa shape index (κ3) is 7.67. The molecule has 0 saturated heterocycles. The van der Waals surface area contributed by atoms with Crippen molar-refractivity contribution in [1.82, 2.24) is 9.97 Å². The molecule has 14 heteroatoms. The summed E-state index contributed by atoms with van der Waals surface area (Å²) in [6.45, 7) is 3.79. The highest BCUT2D eigenvalue weighted by molar-refractivity contribution is 7.19. The van der Waals surface area contributed by atoms with Gasteiger partial charge in [-0.25, -0.2) is 9.97 Å². The molecule has 0 amide bonds. The summed E-state index contributed by atoms with van der Waals surface area (Å²) in [6, 6.07) is 32.7. The monoisotopic (exact) mass is 724 g/mol. The number of nitrogens with one attached hydrogen (secondary N) is 2. The number of hydrogen-bond donors (Lipinski definition) is 2. The second-order valence-electron chi connectivity index (χ2n) is 11.2. The van der Waals surface area contributed by atoms with Crippen molar-refractivity contribution < 1.29 is 9.47 Å². The van der Waals surface area contributed by atoms with Crippen molar-refractivity contribution in [2.75, 3.05) is 25.1 Å². The lowest BCUT2D eigenvalue weighted by molar-refractivity contribution is 0.402. The maximum atomic E-state index is 5.74. The van der Waals surface area contributed by atoms with Gasteiger partial charge in [-0.15, -0.1) is 20.5 Å². The minimum absolute atomic E-state index is 0.571. The molecule has 0 saturated carbocycles. The van der Waals surface area contributed by atoms with E-state index >= 15 is 0 Å². The molecule has 0 unspecified atom stereocenters. The summed E-state index contributed by atoms with van der Waals surface area (Å²) in [5.74, 6) is 1.35. The zero-order chi connectivity index (χ0) is 35.9. The number of rotatable bonds is 11. The van der Waals surface area contributed by atoms with Gasteiger partial charge in [0.15, 0.2) is 10.0 Å². The molecule has 2 heterocycles. The Bertz CT molecular complexity index is 2230. The molecule has 2 aromatic heterocycles. The number of benzene rings is 4. The first-order chi connectivity index (χ1) is 25.5. The van der Waals surface area contributed by atoms with E-state index in [1.807, 2.05) is 123 Å². The number of methoxy groups -OCH3 is 2. The number of hydrazone groups is 2. The minimum atomic E-state index is 0.571. The SMILES string of the molecule is COc1ccc(OC)c(C=C2/C(=N/Nc3nc(C)c(N=Nc4ccccc4)s3)c3ccccc3/C2=N\Nc2nc(C)c(N=Nc3ccccc3)s2)c1. The molecule has 7 rings (SSSR count). The number of aryl methyl sites for hydroxylation is 2. The Kier molecular flexibility index (Phi) is 10.3. The zero-order valence-corrected chi connectivity index (χ0v) is 30.2. The van der Waals surface area contributed by atoms with E-state index in [0.29, 0.717) is 43.2 Å². The number of nitrogens with zero attached hydrogens (tertiary/aromatic N) is 8. The van der Waals surface area contributed by atoms with E-state index in [1.54, 1.807) is 14.2 Å². The molecule has 1 aliphatic carbocycles. The number of thiazole rings is 2. The fourth-order valence-electron chi connectivity index (χ4n) is 5.24. The third-order valence-electron chi connectivity index (χ3n) is 7.78. The molecule has 6 aromatic rings. The topological polar surface area (TPSA) is 142 Å². The molecule has 0 fully saturated rings. The maximum absolute atomic E-state index is 5.74. The highest BCUT2D eigenvalue weighted by Crippen LogP contribution is 2.36. The molecule has 0 bridgehead atoms. The molecule has 2 N–H and O–H groups in total. The fourth-order valence-corrected chi connectivity index (χ4v) is 6.71. The van der Waals surface area contributed by atoms with Gasteiger partial charge >= 0.3 is 0 Å². The highest BCUT2D eigenvalue weighted by atomic mass is 32.1. The summed E-state index contributed by atoms with van der Waals surface area (Å²) in [5, 5.41) is 29.9. The van der Waals surface area contributed by atoms with Crippen molar-refractivity contribution in [3.63, 3.8) is 0 Å². The molecule has 0 radical (unpaired) electrons. The fraction of sp³-hybridized carbons (Fsp3) is 0.105. The standard InChI is InChI=1S/C38H32N10O2S2/c1-23-35(45-41-26-13-7-5-8-14-26)51-37(39-23)47-43-33-29-17-11-12-18-30(29)34(31(33)22-25-21-28(49-3)19-20-32(25)50-4)44-48-38-40-24(2)36(52-38)46-42-27-15-9-6-10-16-27/h5-22H,1-4H3,(H,39,47)(H,40,48)/b31-22?,43-33+,44-34+,45-41?,46-42?. The van der Waals surface area contributed by atoms with Crippen molar-refractivity contribution in [3.8, 4) is 11.5 Å². The lowest BCUT2D eigenvalue weighted by Crippen LogP contribution is -2.08. The van der Waals surface area contributed by atoms with Crippen LogP contribution in [0.2, 0.25) is 0 Å². The van der Waals surface area contributed by atoms with Crippen molar-refractivity contribution in [3.05, 3.63) is 137 Å². The van der Waals surface area contributed by atoms with Gasteiger partial charge in [0.2, 0.25) is 10.3 Å². The largest absolute Gasteiger partial charge is 0.497 e. The van der Waals surface area contributed by atoms with E-state index in [0.717, 1.165) is 45.0 Å². The number of fused-ring (bicyclic) bond motifs is 1. The summed E-state index contributed by atoms with van der Waals surface area (Å²) in [5.41, 5.74) is 14.0. The summed E-state index contributed by atoms with van der Waals surface area (Å²) >= 11 is 2.72. The van der Waals surface area contributed by atoms with Gasteiger partial charge in [-0.3, -0.25) is 10.9 Å². The van der Waals surface area contributed by atoms with E-state index < -0.39 is 0 Å². The van der Waals surface area contributed by atoms with Crippen molar-refractivity contribution in [2.24, 2.45) is 30.7 Å². The zero-order valence-electron chi connectivity index (χ0n) is 28.6. The normalized spacial score (nSPS) is 14.0. The molecule has 0 aliphatic heterocycles. The van der Waals surface area contributed by atoms with Gasteiger partial charge in [0, 0.05) is 22.3 Å². The summed E-state index contributed by atoms with van der Waals surface area (Å²) in [7, 11) is 3.26. The number of hydrogen-bond acceptors (Lipinski definition) is 14. The summed E-state index contributed by atoms with van der Waals surface area (Å²) < 4.78 is 11.3. The van der Waals surface area contributed by atoms with Crippen LogP contribution in [0, 0.1) is 13.8 Å². The Labute approximate surface area is 308 Å². The van der Waals surface area contributed by atoms with Crippen LogP contribution in [0.4, 0.5) is 31.6 Å². The van der Waals surface area contributed by atoms with E-state index in [4.69, 9.17) is 19.7 Å². The first kappa shape index (κ1) is 34.1. The molecular formula is C38H32N10O2S2. The first-order valence-corrected chi connectivity index (χ1v) is 17.7. The molecule has 1 aliphatic rings. The maximum Gasteiger partial charge on any atom is 0.205 e. The van der Waals surface area contributed by atoms with Gasteiger partial charge < -0.3 is 9.47 Å². The van der Waals surface area contributed by atoms with Crippen LogP contribution in [0.1, 0.15) is 28.1 Å². The highest BCUT2D eigenvalue weighted by Gasteiger charge is 2.30. The van der Waals surface area contributed by atoms with E-state index in [9.17, 15) is 0 Å². The number of allylic oxidation sites excluding steroid dienone is 1. The number of aromatic nitrogens is 2. The quantitative estimate of drug-likeness (QED) is 0.101. The molecule has 12 nitrogen and oxygen atoms in total. The van der Waals surface area contributed by atoms with E-state index in [1.165, 1.54) is 22.7 Å². The predicted molar refractivity (Wildman–Crippen MR) is 209 cm³/mol. The lowest BCUT2D eigenvalue weighted by atomic mass is 10.0. The average molecular weight is 725 g/mol. The number of anilines is 2. The Morgan fingerprint density at radius 1 is 0.596 bits per heavy atom. The van der Waals surface area contributed by atoms with E-state index in [2.05, 4.69) is 41.3 Å². The van der Waals surface area contributed by atoms with Crippen LogP contribution >= 0.6 is 22.7 Å². The number of ether oxygens (including phenoxy) is 2. The second kappa shape index (κ2) is 15.7. The average Bonchev–Trinajstić information content (AvgIpc) is 3.83. The van der Waals surface area contributed by atoms with Crippen LogP contribution in [0.25, 0.3) is 6.08 Å². The van der Waals surface area contributed by atoms with Gasteiger partial charge in [-0.2, -0.15) is 10.2 Å². The van der Waals surface area contributed by atoms with E-state index in [-0.39, 0.29) is 0 Å². The molecule has 52 heavy (non-hydrogen) atoms. The van der Waals surface area contributed by atoms with Gasteiger partial charge in [0.1, 0.15) is 22.9 Å².